The van der Waals surface area contributed by atoms with Gasteiger partial charge in [-0.1, -0.05) is 5.16 Å². The van der Waals surface area contributed by atoms with Crippen LogP contribution in [-0.4, -0.2) is 34.7 Å². The fraction of sp³-hybridized carbons (Fsp3) is 0.818. The third kappa shape index (κ3) is 2.11. The lowest BCUT2D eigenvalue weighted by Gasteiger charge is -2.17. The average Bonchev–Trinajstić information content (AvgIpc) is 3.01. The number of hydrogen-bond acceptors (Lipinski definition) is 5. The maximum absolute atomic E-state index is 5.39. The molecule has 0 amide bonds. The minimum Gasteiger partial charge on any atom is -0.339 e. The molecule has 1 atom stereocenters. The molecule has 2 aliphatic heterocycles. The van der Waals surface area contributed by atoms with Gasteiger partial charge in [0.15, 0.2) is 5.82 Å². The van der Waals surface area contributed by atoms with Crippen molar-refractivity contribution in [3.63, 3.8) is 0 Å². The molecule has 88 valence electrons. The smallest absolute Gasteiger partial charge is 0.231 e. The highest BCUT2D eigenvalue weighted by molar-refractivity contribution is 7.99. The van der Waals surface area contributed by atoms with Crippen LogP contribution in [0.25, 0.3) is 0 Å². The van der Waals surface area contributed by atoms with Crippen molar-refractivity contribution in [3.05, 3.63) is 11.7 Å². The first-order valence-corrected chi connectivity index (χ1v) is 7.21. The molecule has 4 nitrogen and oxygen atoms in total. The molecule has 1 aromatic rings. The fourth-order valence-electron chi connectivity index (χ4n) is 2.40. The summed E-state index contributed by atoms with van der Waals surface area (Å²) >= 11 is 2.03. The third-order valence-corrected chi connectivity index (χ3v) is 4.50. The van der Waals surface area contributed by atoms with Gasteiger partial charge in [0.1, 0.15) is 0 Å². The van der Waals surface area contributed by atoms with Crippen LogP contribution in [-0.2, 0) is 0 Å². The van der Waals surface area contributed by atoms with Gasteiger partial charge >= 0.3 is 0 Å². The van der Waals surface area contributed by atoms with E-state index in [2.05, 4.69) is 15.5 Å². The van der Waals surface area contributed by atoms with Crippen LogP contribution in [0.4, 0.5) is 0 Å². The molecule has 2 aliphatic rings. The number of hydrogen-bond donors (Lipinski definition) is 1. The molecule has 1 aromatic heterocycles. The van der Waals surface area contributed by atoms with Crippen LogP contribution in [0.15, 0.2) is 4.52 Å². The molecule has 3 heterocycles. The summed E-state index contributed by atoms with van der Waals surface area (Å²) in [6, 6.07) is 0. The van der Waals surface area contributed by atoms with Crippen molar-refractivity contribution in [1.29, 1.82) is 0 Å². The largest absolute Gasteiger partial charge is 0.339 e. The fourth-order valence-corrected chi connectivity index (χ4v) is 3.51. The monoisotopic (exact) mass is 239 g/mol. The van der Waals surface area contributed by atoms with Crippen LogP contribution < -0.4 is 5.32 Å². The van der Waals surface area contributed by atoms with Gasteiger partial charge in [0, 0.05) is 12.5 Å². The number of aromatic nitrogens is 2. The summed E-state index contributed by atoms with van der Waals surface area (Å²) in [5, 5.41) is 7.49. The topological polar surface area (TPSA) is 51.0 Å². The van der Waals surface area contributed by atoms with Crippen molar-refractivity contribution in [2.75, 3.05) is 24.6 Å². The van der Waals surface area contributed by atoms with Gasteiger partial charge < -0.3 is 9.84 Å². The van der Waals surface area contributed by atoms with E-state index in [0.717, 1.165) is 31.2 Å². The predicted molar refractivity (Wildman–Crippen MR) is 63.8 cm³/mol. The van der Waals surface area contributed by atoms with Crippen molar-refractivity contribution in [3.8, 4) is 0 Å². The van der Waals surface area contributed by atoms with Gasteiger partial charge in [-0.25, -0.2) is 0 Å². The molecular formula is C11H17N3OS. The van der Waals surface area contributed by atoms with Crippen LogP contribution >= 0.6 is 11.8 Å². The van der Waals surface area contributed by atoms with Crippen LogP contribution in [0, 0.1) is 0 Å². The Kier molecular flexibility index (Phi) is 3.15. The van der Waals surface area contributed by atoms with E-state index < -0.39 is 0 Å². The molecule has 2 fully saturated rings. The summed E-state index contributed by atoms with van der Waals surface area (Å²) in [6.45, 7) is 2.06. The second kappa shape index (κ2) is 4.75. The van der Waals surface area contributed by atoms with E-state index in [1.54, 1.807) is 0 Å². The molecule has 0 saturated carbocycles. The van der Waals surface area contributed by atoms with E-state index in [0.29, 0.717) is 11.8 Å². The molecule has 3 rings (SSSR count). The third-order valence-electron chi connectivity index (χ3n) is 3.45. The molecular weight excluding hydrogens is 222 g/mol. The highest BCUT2D eigenvalue weighted by Gasteiger charge is 2.26. The molecule has 0 radical (unpaired) electrons. The first-order valence-electron chi connectivity index (χ1n) is 6.05. The summed E-state index contributed by atoms with van der Waals surface area (Å²) in [6.07, 6.45) is 3.53. The van der Waals surface area contributed by atoms with Crippen molar-refractivity contribution in [2.24, 2.45) is 0 Å². The van der Waals surface area contributed by atoms with Crippen molar-refractivity contribution >= 4 is 11.8 Å². The summed E-state index contributed by atoms with van der Waals surface area (Å²) in [7, 11) is 0. The van der Waals surface area contributed by atoms with Gasteiger partial charge in [0.25, 0.3) is 0 Å². The number of nitrogens with one attached hydrogen (secondary N) is 1. The Labute approximate surface area is 99.6 Å². The molecule has 16 heavy (non-hydrogen) atoms. The zero-order chi connectivity index (χ0) is 10.8. The second-order valence-corrected chi connectivity index (χ2v) is 5.79. The molecule has 1 N–H and O–H groups in total. The molecule has 0 aromatic carbocycles. The summed E-state index contributed by atoms with van der Waals surface area (Å²) in [5.41, 5.74) is 0. The minimum absolute atomic E-state index is 0.444. The van der Waals surface area contributed by atoms with Crippen LogP contribution in [0.1, 0.15) is 42.8 Å². The first-order chi connectivity index (χ1) is 7.93. The highest BCUT2D eigenvalue weighted by Crippen LogP contribution is 2.31. The maximum Gasteiger partial charge on any atom is 0.231 e. The van der Waals surface area contributed by atoms with Gasteiger partial charge in [-0.3, -0.25) is 0 Å². The van der Waals surface area contributed by atoms with Gasteiger partial charge in [0.05, 0.1) is 5.92 Å². The van der Waals surface area contributed by atoms with E-state index in [-0.39, 0.29) is 0 Å². The lowest BCUT2D eigenvalue weighted by atomic mass is 10.0. The van der Waals surface area contributed by atoms with E-state index in [1.165, 1.54) is 24.3 Å². The number of thioether (sulfide) groups is 1. The van der Waals surface area contributed by atoms with Gasteiger partial charge in [-0.15, -0.1) is 0 Å². The standard InChI is InChI=1S/C11H17N3OS/c1-4-12-7-9(1)11-13-10(14-15-11)8-2-5-16-6-3-8/h8-9,12H,1-7H2/t9-/m1/s1. The lowest BCUT2D eigenvalue weighted by Crippen LogP contribution is -2.10. The Morgan fingerprint density at radius 3 is 2.81 bits per heavy atom. The minimum atomic E-state index is 0.444. The van der Waals surface area contributed by atoms with Gasteiger partial charge in [0.2, 0.25) is 5.89 Å². The Balaban J connectivity index is 1.71. The van der Waals surface area contributed by atoms with Crippen molar-refractivity contribution < 1.29 is 4.52 Å². The molecule has 0 spiro atoms. The van der Waals surface area contributed by atoms with Crippen molar-refractivity contribution in [2.45, 2.75) is 31.1 Å². The second-order valence-electron chi connectivity index (χ2n) is 4.57. The number of rotatable bonds is 2. The SMILES string of the molecule is C1C[C@@H](c2nc(C3CCSCC3)no2)CN1. The predicted octanol–water partition coefficient (Wildman–Crippen LogP) is 1.76. The zero-order valence-corrected chi connectivity index (χ0v) is 10.1. The molecule has 0 unspecified atom stereocenters. The maximum atomic E-state index is 5.39. The van der Waals surface area contributed by atoms with Crippen LogP contribution in [0.5, 0.6) is 0 Å². The van der Waals surface area contributed by atoms with E-state index in [9.17, 15) is 0 Å². The quantitative estimate of drug-likeness (QED) is 0.852. The van der Waals surface area contributed by atoms with E-state index in [1.807, 2.05) is 11.8 Å². The van der Waals surface area contributed by atoms with E-state index in [4.69, 9.17) is 4.52 Å². The molecule has 2 saturated heterocycles. The van der Waals surface area contributed by atoms with Gasteiger partial charge in [-0.05, 0) is 37.3 Å². The normalized spacial score (nSPS) is 27.4. The summed E-state index contributed by atoms with van der Waals surface area (Å²) in [5.74, 6) is 5.24. The van der Waals surface area contributed by atoms with E-state index >= 15 is 0 Å². The first kappa shape index (κ1) is 10.6. The molecule has 0 bridgehead atoms. The highest BCUT2D eigenvalue weighted by atomic mass is 32.2. The Morgan fingerprint density at radius 2 is 2.06 bits per heavy atom. The van der Waals surface area contributed by atoms with Crippen LogP contribution in [0.2, 0.25) is 0 Å². The Morgan fingerprint density at radius 1 is 1.19 bits per heavy atom. The Bertz CT molecular complexity index is 343. The van der Waals surface area contributed by atoms with Gasteiger partial charge in [-0.2, -0.15) is 16.7 Å². The molecule has 0 aliphatic carbocycles. The van der Waals surface area contributed by atoms with Crippen LogP contribution in [0.3, 0.4) is 0 Å². The summed E-state index contributed by atoms with van der Waals surface area (Å²) in [4.78, 5) is 4.59. The zero-order valence-electron chi connectivity index (χ0n) is 9.32. The summed E-state index contributed by atoms with van der Waals surface area (Å²) < 4.78 is 5.39. The molecule has 5 heteroatoms. The average molecular weight is 239 g/mol. The Hall–Kier alpha value is -0.550. The van der Waals surface area contributed by atoms with Crippen molar-refractivity contribution in [1.82, 2.24) is 15.5 Å². The lowest BCUT2D eigenvalue weighted by molar-refractivity contribution is 0.351. The number of nitrogens with zero attached hydrogens (tertiary/aromatic N) is 2.